The van der Waals surface area contributed by atoms with E-state index in [-0.39, 0.29) is 13.0 Å². The molecule has 2 rings (SSSR count). The summed E-state index contributed by atoms with van der Waals surface area (Å²) in [6.07, 6.45) is 3.37. The van der Waals surface area contributed by atoms with Crippen LogP contribution in [-0.2, 0) is 20.9 Å². The molecular weight excluding hydrogens is 400 g/mol. The smallest absolute Gasteiger partial charge is 0.243 e. The van der Waals surface area contributed by atoms with Gasteiger partial charge in [-0.1, -0.05) is 31.0 Å². The summed E-state index contributed by atoms with van der Waals surface area (Å²) in [6.45, 7) is 0.282. The van der Waals surface area contributed by atoms with E-state index in [1.807, 2.05) is 42.5 Å². The average molecular weight is 433 g/mol. The van der Waals surface area contributed by atoms with Gasteiger partial charge in [0.25, 0.3) is 0 Å². The fourth-order valence-corrected chi connectivity index (χ4v) is 2.66. The van der Waals surface area contributed by atoms with Crippen LogP contribution in [0.15, 0.2) is 48.5 Å². The number of amides is 1. The van der Waals surface area contributed by atoms with Gasteiger partial charge in [0.05, 0.1) is 20.8 Å². The highest BCUT2D eigenvalue weighted by molar-refractivity contribution is 5.74. The van der Waals surface area contributed by atoms with Gasteiger partial charge < -0.3 is 24.7 Å². The summed E-state index contributed by atoms with van der Waals surface area (Å²) in [4.78, 5) is 22.0. The highest BCUT2D eigenvalue weighted by Crippen LogP contribution is 2.23. The van der Waals surface area contributed by atoms with Gasteiger partial charge in [0.2, 0.25) is 5.91 Å². The number of unbranched alkanes of at least 4 members (excludes halogenated alkanes) is 2. The van der Waals surface area contributed by atoms with Crippen LogP contribution >= 0.6 is 0 Å². The zero-order valence-electron chi connectivity index (χ0n) is 18.1. The van der Waals surface area contributed by atoms with Gasteiger partial charge >= 0.3 is 0 Å². The van der Waals surface area contributed by atoms with Gasteiger partial charge in [-0.3, -0.25) is 10.0 Å². The van der Waals surface area contributed by atoms with Crippen molar-refractivity contribution in [1.29, 1.82) is 0 Å². The molecule has 1 unspecified atom stereocenters. The largest absolute Gasteiger partial charge is 0.497 e. The van der Waals surface area contributed by atoms with Crippen LogP contribution < -0.4 is 20.7 Å². The monoisotopic (exact) mass is 432 g/mol. The average Bonchev–Trinajstić information content (AvgIpc) is 2.81. The number of aldehydes is 1. The van der Waals surface area contributed by atoms with Gasteiger partial charge in [-0.15, -0.1) is 0 Å². The van der Waals surface area contributed by atoms with E-state index < -0.39 is 12.0 Å². The van der Waals surface area contributed by atoms with Crippen LogP contribution in [0.25, 0.3) is 0 Å². The van der Waals surface area contributed by atoms with Gasteiger partial charge in [0.15, 0.2) is 0 Å². The van der Waals surface area contributed by atoms with Crippen LogP contribution in [0, 0.1) is 0 Å². The molecule has 0 aliphatic carbocycles. The Morgan fingerprint density at radius 2 is 1.71 bits per heavy atom. The Morgan fingerprint density at radius 1 is 1.06 bits per heavy atom. The Labute approximate surface area is 183 Å². The molecule has 170 valence electrons. The number of hydroxylamine groups is 1. The number of benzene rings is 2. The number of carbonyl (C=O) groups is 2. The van der Waals surface area contributed by atoms with Crippen LogP contribution in [0.5, 0.6) is 11.5 Å². The van der Waals surface area contributed by atoms with Crippen molar-refractivity contribution in [2.24, 2.45) is 0 Å². The fraction of sp³-hybridized carbons (Fsp3) is 0.391. The minimum Gasteiger partial charge on any atom is -0.497 e. The zero-order valence-corrected chi connectivity index (χ0v) is 18.1. The number of nitrogen functional groups attached to an aromatic ring is 1. The number of nitrogens with two attached hydrogens (primary N) is 1. The first-order valence-corrected chi connectivity index (χ1v) is 10.0. The highest BCUT2D eigenvalue weighted by atomic mass is 16.5. The van der Waals surface area contributed by atoms with E-state index in [0.29, 0.717) is 24.3 Å². The molecule has 0 radical (unpaired) electrons. The van der Waals surface area contributed by atoms with E-state index in [1.54, 1.807) is 25.8 Å². The summed E-state index contributed by atoms with van der Waals surface area (Å²) in [7, 11) is 3.15. The van der Waals surface area contributed by atoms with Gasteiger partial charge in [-0.2, -0.15) is 0 Å². The number of nitrogens with one attached hydrogen (secondary N) is 1. The minimum atomic E-state index is -0.492. The van der Waals surface area contributed by atoms with Crippen molar-refractivity contribution in [3.63, 3.8) is 0 Å². The van der Waals surface area contributed by atoms with Gasteiger partial charge in [0.1, 0.15) is 23.9 Å². The zero-order chi connectivity index (χ0) is 22.9. The van der Waals surface area contributed by atoms with Gasteiger partial charge in [0, 0.05) is 18.2 Å². The Balaban J connectivity index is 0.000000577. The standard InChI is InChI=1S/C17H25NO6.C6H7N/c1-22-15-8-13(9-16(10-15)23-2)12-24-14(11-19)6-4-3-5-7-17(20)18-21;7-6-4-2-1-3-5-6/h8-11,14,21H,3-7,12H2,1-2H3,(H,18,20);1-5H,7H2. The Bertz CT molecular complexity index is 748. The summed E-state index contributed by atoms with van der Waals surface area (Å²) in [5.41, 5.74) is 8.63. The quantitative estimate of drug-likeness (QED) is 0.154. The summed E-state index contributed by atoms with van der Waals surface area (Å²) >= 11 is 0. The molecule has 0 saturated carbocycles. The SMILES string of the molecule is COc1cc(COC(C=O)CCCCCC(=O)NO)cc(OC)c1.Nc1ccccc1. The first-order chi connectivity index (χ1) is 15.0. The molecule has 1 atom stereocenters. The maximum absolute atomic E-state index is 11.1. The molecule has 8 nitrogen and oxygen atoms in total. The van der Waals surface area contributed by atoms with Crippen molar-refractivity contribution < 1.29 is 29.0 Å². The lowest BCUT2D eigenvalue weighted by Gasteiger charge is -2.13. The van der Waals surface area contributed by atoms with Crippen LogP contribution in [0.1, 0.15) is 37.7 Å². The predicted molar refractivity (Wildman–Crippen MR) is 118 cm³/mol. The number of methoxy groups -OCH3 is 2. The van der Waals surface area contributed by atoms with Gasteiger partial charge in [-0.25, -0.2) is 5.48 Å². The Morgan fingerprint density at radius 3 is 2.19 bits per heavy atom. The van der Waals surface area contributed by atoms with E-state index in [1.165, 1.54) is 0 Å². The molecule has 4 N–H and O–H groups in total. The molecule has 2 aromatic carbocycles. The number of anilines is 1. The third-order valence-electron chi connectivity index (χ3n) is 4.34. The molecule has 0 aromatic heterocycles. The van der Waals surface area contributed by atoms with Crippen molar-refractivity contribution in [2.45, 2.75) is 44.8 Å². The number of rotatable bonds is 12. The van der Waals surface area contributed by atoms with Crippen molar-refractivity contribution in [2.75, 3.05) is 20.0 Å². The summed E-state index contributed by atoms with van der Waals surface area (Å²) in [5.74, 6) is 0.931. The molecular formula is C23H32N2O6. The molecule has 0 saturated heterocycles. The maximum Gasteiger partial charge on any atom is 0.243 e. The van der Waals surface area contributed by atoms with Crippen LogP contribution in [0.4, 0.5) is 5.69 Å². The van der Waals surface area contributed by atoms with Crippen molar-refractivity contribution >= 4 is 17.9 Å². The second-order valence-corrected chi connectivity index (χ2v) is 6.75. The summed E-state index contributed by atoms with van der Waals surface area (Å²) in [6, 6.07) is 14.9. The highest BCUT2D eigenvalue weighted by Gasteiger charge is 2.10. The minimum absolute atomic E-state index is 0.271. The lowest BCUT2D eigenvalue weighted by atomic mass is 10.1. The van der Waals surface area contributed by atoms with E-state index in [4.69, 9.17) is 25.2 Å². The summed E-state index contributed by atoms with van der Waals surface area (Å²) < 4.78 is 16.0. The first-order valence-electron chi connectivity index (χ1n) is 10.0. The molecule has 8 heteroatoms. The van der Waals surface area contributed by atoms with E-state index in [9.17, 15) is 9.59 Å². The van der Waals surface area contributed by atoms with Crippen LogP contribution in [0.3, 0.4) is 0 Å². The molecule has 0 aliphatic rings. The Hall–Kier alpha value is -3.10. The second kappa shape index (κ2) is 15.7. The number of ether oxygens (including phenoxy) is 3. The molecule has 31 heavy (non-hydrogen) atoms. The third-order valence-corrected chi connectivity index (χ3v) is 4.34. The van der Waals surface area contributed by atoms with Crippen LogP contribution in [0.2, 0.25) is 0 Å². The van der Waals surface area contributed by atoms with Crippen LogP contribution in [-0.4, -0.2) is 37.7 Å². The number of hydrogen-bond acceptors (Lipinski definition) is 7. The van der Waals surface area contributed by atoms with Gasteiger partial charge in [-0.05, 0) is 42.7 Å². The Kier molecular flexibility index (Phi) is 13.1. The van der Waals surface area contributed by atoms with Crippen molar-refractivity contribution in [1.82, 2.24) is 5.48 Å². The predicted octanol–water partition coefficient (Wildman–Crippen LogP) is 3.51. The second-order valence-electron chi connectivity index (χ2n) is 6.75. The lowest BCUT2D eigenvalue weighted by Crippen LogP contribution is -2.18. The molecule has 0 aliphatic heterocycles. The fourth-order valence-electron chi connectivity index (χ4n) is 2.66. The van der Waals surface area contributed by atoms with Crippen molar-refractivity contribution in [3.8, 4) is 11.5 Å². The number of hydrogen-bond donors (Lipinski definition) is 3. The lowest BCUT2D eigenvalue weighted by molar-refractivity contribution is -0.129. The number of carbonyl (C=O) groups excluding carboxylic acids is 2. The van der Waals surface area contributed by atoms with E-state index >= 15 is 0 Å². The third kappa shape index (κ3) is 11.6. The molecule has 1 amide bonds. The maximum atomic E-state index is 11.1. The molecule has 0 heterocycles. The molecule has 0 bridgehead atoms. The van der Waals surface area contributed by atoms with E-state index in [0.717, 1.165) is 30.4 Å². The van der Waals surface area contributed by atoms with E-state index in [2.05, 4.69) is 0 Å². The topological polar surface area (TPSA) is 120 Å². The normalized spacial score (nSPS) is 10.9. The molecule has 0 spiro atoms. The summed E-state index contributed by atoms with van der Waals surface area (Å²) in [5, 5.41) is 8.39. The molecule has 0 fully saturated rings. The number of para-hydroxylation sites is 1. The molecule has 2 aromatic rings. The van der Waals surface area contributed by atoms with Crippen molar-refractivity contribution in [3.05, 3.63) is 54.1 Å². The first kappa shape index (κ1) is 25.9.